The van der Waals surface area contributed by atoms with Crippen LogP contribution in [0.15, 0.2) is 85.2 Å². The first-order chi connectivity index (χ1) is 13.8. The third-order valence-electron chi connectivity index (χ3n) is 4.09. The molecule has 0 aliphatic carbocycles. The van der Waals surface area contributed by atoms with E-state index < -0.39 is 0 Å². The van der Waals surface area contributed by atoms with Gasteiger partial charge in [-0.05, 0) is 23.8 Å². The van der Waals surface area contributed by atoms with Crippen LogP contribution in [0.4, 0.5) is 17.3 Å². The summed E-state index contributed by atoms with van der Waals surface area (Å²) in [6, 6.07) is 23.2. The average molecular weight is 388 g/mol. The number of para-hydroxylation sites is 1. The van der Waals surface area contributed by atoms with Crippen molar-refractivity contribution in [3.8, 4) is 11.4 Å². The minimum absolute atomic E-state index is 0.616. The lowest BCUT2D eigenvalue weighted by Gasteiger charge is -2.12. The van der Waals surface area contributed by atoms with Crippen LogP contribution in [0.1, 0.15) is 5.56 Å². The van der Waals surface area contributed by atoms with Crippen LogP contribution in [0, 0.1) is 0 Å². The van der Waals surface area contributed by atoms with Gasteiger partial charge in [0.25, 0.3) is 0 Å². The predicted octanol–water partition coefficient (Wildman–Crippen LogP) is 5.55. The lowest BCUT2D eigenvalue weighted by atomic mass is 10.2. The molecule has 0 atom stereocenters. The van der Waals surface area contributed by atoms with Gasteiger partial charge in [0.15, 0.2) is 5.82 Å². The average Bonchev–Trinajstić information content (AvgIpc) is 2.75. The molecule has 28 heavy (non-hydrogen) atoms. The summed E-state index contributed by atoms with van der Waals surface area (Å²) >= 11 is 6.28. The van der Waals surface area contributed by atoms with Gasteiger partial charge in [-0.2, -0.15) is 0 Å². The third-order valence-corrected chi connectivity index (χ3v) is 4.42. The van der Waals surface area contributed by atoms with Crippen LogP contribution in [0.2, 0.25) is 5.02 Å². The molecule has 0 unspecified atom stereocenters. The second-order valence-corrected chi connectivity index (χ2v) is 6.55. The fourth-order valence-corrected chi connectivity index (χ4v) is 2.90. The highest BCUT2D eigenvalue weighted by Gasteiger charge is 2.09. The molecule has 4 rings (SSSR count). The molecule has 138 valence electrons. The maximum Gasteiger partial charge on any atom is 0.163 e. The molecule has 0 aliphatic heterocycles. The van der Waals surface area contributed by atoms with E-state index in [-0.39, 0.29) is 0 Å². The molecule has 0 spiro atoms. The van der Waals surface area contributed by atoms with Crippen molar-refractivity contribution >= 4 is 28.9 Å². The van der Waals surface area contributed by atoms with Gasteiger partial charge in [-0.1, -0.05) is 60.1 Å². The number of hydrogen-bond donors (Lipinski definition) is 2. The number of pyridine rings is 1. The molecule has 6 heteroatoms. The van der Waals surface area contributed by atoms with Crippen LogP contribution in [0.3, 0.4) is 0 Å². The number of anilines is 3. The summed E-state index contributed by atoms with van der Waals surface area (Å²) in [6.45, 7) is 0.616. The van der Waals surface area contributed by atoms with Gasteiger partial charge in [-0.3, -0.25) is 4.98 Å². The summed E-state index contributed by atoms with van der Waals surface area (Å²) < 4.78 is 0. The van der Waals surface area contributed by atoms with Crippen LogP contribution in [-0.4, -0.2) is 15.0 Å². The van der Waals surface area contributed by atoms with Crippen molar-refractivity contribution in [1.82, 2.24) is 15.0 Å². The highest BCUT2D eigenvalue weighted by atomic mass is 35.5. The van der Waals surface area contributed by atoms with Gasteiger partial charge in [-0.15, -0.1) is 0 Å². The molecule has 0 saturated heterocycles. The lowest BCUT2D eigenvalue weighted by molar-refractivity contribution is 1.07. The van der Waals surface area contributed by atoms with E-state index in [0.29, 0.717) is 29.0 Å². The van der Waals surface area contributed by atoms with E-state index in [0.717, 1.165) is 16.8 Å². The van der Waals surface area contributed by atoms with Gasteiger partial charge in [-0.25, -0.2) is 9.97 Å². The van der Waals surface area contributed by atoms with Gasteiger partial charge in [0.2, 0.25) is 0 Å². The summed E-state index contributed by atoms with van der Waals surface area (Å²) in [5.74, 6) is 2.01. The molecule has 2 aromatic carbocycles. The van der Waals surface area contributed by atoms with Crippen LogP contribution < -0.4 is 10.6 Å². The third kappa shape index (κ3) is 4.45. The Labute approximate surface area is 168 Å². The van der Waals surface area contributed by atoms with E-state index in [4.69, 9.17) is 11.6 Å². The van der Waals surface area contributed by atoms with E-state index in [1.54, 1.807) is 6.20 Å². The largest absolute Gasteiger partial charge is 0.366 e. The number of hydrogen-bond acceptors (Lipinski definition) is 5. The summed E-state index contributed by atoms with van der Waals surface area (Å²) in [7, 11) is 0. The Bertz CT molecular complexity index is 1050. The van der Waals surface area contributed by atoms with Gasteiger partial charge in [0, 0.05) is 30.6 Å². The van der Waals surface area contributed by atoms with Crippen molar-refractivity contribution in [3.05, 3.63) is 95.8 Å². The van der Waals surface area contributed by atoms with Crippen molar-refractivity contribution in [2.24, 2.45) is 0 Å². The first kappa shape index (κ1) is 17.9. The molecule has 0 amide bonds. The monoisotopic (exact) mass is 387 g/mol. The summed E-state index contributed by atoms with van der Waals surface area (Å²) in [4.78, 5) is 13.5. The van der Waals surface area contributed by atoms with E-state index in [1.807, 2.05) is 79.0 Å². The van der Waals surface area contributed by atoms with Gasteiger partial charge in [0.1, 0.15) is 11.6 Å². The number of aromatic nitrogens is 3. The van der Waals surface area contributed by atoms with Gasteiger partial charge < -0.3 is 10.6 Å². The Hall–Kier alpha value is -3.44. The molecule has 0 fully saturated rings. The lowest BCUT2D eigenvalue weighted by Crippen LogP contribution is -2.05. The highest BCUT2D eigenvalue weighted by Crippen LogP contribution is 2.27. The SMILES string of the molecule is Clc1ccccc1Nc1cc(NCc2cccnc2)nc(-c2ccccc2)n1. The summed E-state index contributed by atoms with van der Waals surface area (Å²) in [5, 5.41) is 7.27. The Morgan fingerprint density at radius 1 is 0.821 bits per heavy atom. The van der Waals surface area contributed by atoms with Crippen LogP contribution in [-0.2, 0) is 6.54 Å². The number of halogens is 1. The molecule has 4 aromatic rings. The van der Waals surface area contributed by atoms with E-state index in [1.165, 1.54) is 0 Å². The van der Waals surface area contributed by atoms with Crippen LogP contribution in [0.25, 0.3) is 11.4 Å². The molecule has 0 radical (unpaired) electrons. The van der Waals surface area contributed by atoms with E-state index in [9.17, 15) is 0 Å². The van der Waals surface area contributed by atoms with Crippen molar-refractivity contribution in [2.45, 2.75) is 6.54 Å². The zero-order chi connectivity index (χ0) is 19.2. The predicted molar refractivity (Wildman–Crippen MR) is 114 cm³/mol. The van der Waals surface area contributed by atoms with Gasteiger partial charge >= 0.3 is 0 Å². The zero-order valence-electron chi connectivity index (χ0n) is 15.0. The van der Waals surface area contributed by atoms with Crippen molar-refractivity contribution in [2.75, 3.05) is 10.6 Å². The minimum Gasteiger partial charge on any atom is -0.366 e. The van der Waals surface area contributed by atoms with Crippen LogP contribution >= 0.6 is 11.6 Å². The van der Waals surface area contributed by atoms with E-state index in [2.05, 4.69) is 25.6 Å². The van der Waals surface area contributed by atoms with Crippen molar-refractivity contribution < 1.29 is 0 Å². The molecule has 0 saturated carbocycles. The first-order valence-electron chi connectivity index (χ1n) is 8.87. The zero-order valence-corrected chi connectivity index (χ0v) is 15.8. The fourth-order valence-electron chi connectivity index (χ4n) is 2.71. The Balaban J connectivity index is 1.65. The maximum atomic E-state index is 6.28. The molecule has 2 heterocycles. The molecule has 5 nitrogen and oxygen atoms in total. The Kier molecular flexibility index (Phi) is 5.45. The Morgan fingerprint density at radius 3 is 2.39 bits per heavy atom. The maximum absolute atomic E-state index is 6.28. The van der Waals surface area contributed by atoms with Gasteiger partial charge in [0.05, 0.1) is 10.7 Å². The normalized spacial score (nSPS) is 10.5. The summed E-state index contributed by atoms with van der Waals surface area (Å²) in [5.41, 5.74) is 2.80. The molecular formula is C22H18ClN5. The second kappa shape index (κ2) is 8.50. The molecular weight excluding hydrogens is 370 g/mol. The van der Waals surface area contributed by atoms with Crippen molar-refractivity contribution in [3.63, 3.8) is 0 Å². The molecule has 2 N–H and O–H groups in total. The molecule has 2 aromatic heterocycles. The standard InChI is InChI=1S/C22H18ClN5/c23-18-10-4-5-11-19(18)26-21-13-20(25-15-16-7-6-12-24-14-16)27-22(28-21)17-8-2-1-3-9-17/h1-14H,15H2,(H2,25,26,27,28). The highest BCUT2D eigenvalue weighted by molar-refractivity contribution is 6.33. The summed E-state index contributed by atoms with van der Waals surface area (Å²) in [6.07, 6.45) is 3.59. The quantitative estimate of drug-likeness (QED) is 0.454. The number of nitrogens with one attached hydrogen (secondary N) is 2. The van der Waals surface area contributed by atoms with E-state index >= 15 is 0 Å². The molecule has 0 aliphatic rings. The minimum atomic E-state index is 0.616. The Morgan fingerprint density at radius 2 is 1.61 bits per heavy atom. The fraction of sp³-hybridized carbons (Fsp3) is 0.0455. The van der Waals surface area contributed by atoms with Crippen molar-refractivity contribution in [1.29, 1.82) is 0 Å². The number of benzene rings is 2. The number of nitrogens with zero attached hydrogens (tertiary/aromatic N) is 3. The molecule has 0 bridgehead atoms. The van der Waals surface area contributed by atoms with Crippen LogP contribution in [0.5, 0.6) is 0 Å². The number of rotatable bonds is 6. The first-order valence-corrected chi connectivity index (χ1v) is 9.24. The topological polar surface area (TPSA) is 62.7 Å². The smallest absolute Gasteiger partial charge is 0.163 e. The second-order valence-electron chi connectivity index (χ2n) is 6.15.